The van der Waals surface area contributed by atoms with Crippen LogP contribution in [-0.2, 0) is 4.74 Å². The third-order valence-electron chi connectivity index (χ3n) is 2.99. The minimum Gasteiger partial charge on any atom is -0.444 e. The summed E-state index contributed by atoms with van der Waals surface area (Å²) in [5, 5.41) is 33.3. The van der Waals surface area contributed by atoms with Gasteiger partial charge in [-0.15, -0.1) is 0 Å². The summed E-state index contributed by atoms with van der Waals surface area (Å²) in [6, 6.07) is 0. The lowest BCUT2D eigenvalue weighted by Crippen LogP contribution is -2.34. The van der Waals surface area contributed by atoms with Crippen molar-refractivity contribution in [1.29, 1.82) is 0 Å². The Balaban J connectivity index is 2.63. The van der Waals surface area contributed by atoms with Gasteiger partial charge in [0.05, 0.1) is 11.0 Å². The quantitative estimate of drug-likeness (QED) is 0.437. The number of ether oxygens (including phenoxy) is 1. The number of hydrogen-bond donors (Lipinski definition) is 4. The van der Waals surface area contributed by atoms with E-state index in [1.165, 1.54) is 0 Å². The smallest absolute Gasteiger partial charge is 0.407 e. The molecule has 10 nitrogen and oxygen atoms in total. The summed E-state index contributed by atoms with van der Waals surface area (Å²) in [5.41, 5.74) is 4.22. The molecule has 0 saturated heterocycles. The number of nitro groups is 1. The van der Waals surface area contributed by atoms with Crippen LogP contribution in [0.3, 0.4) is 0 Å². The van der Waals surface area contributed by atoms with Gasteiger partial charge in [0.2, 0.25) is 0 Å². The predicted molar refractivity (Wildman–Crippen MR) is 85.1 cm³/mol. The second kappa shape index (κ2) is 7.88. The number of nitrogens with zero attached hydrogens (tertiary/aromatic N) is 2. The molecule has 0 aliphatic heterocycles. The van der Waals surface area contributed by atoms with Crippen molar-refractivity contribution < 1.29 is 24.7 Å². The number of rotatable bonds is 6. The first-order valence-corrected chi connectivity index (χ1v) is 7.23. The zero-order chi connectivity index (χ0) is 18.5. The number of nitrogens with one attached hydrogen (secondary N) is 1. The van der Waals surface area contributed by atoms with E-state index < -0.39 is 34.5 Å². The maximum atomic E-state index is 11.5. The lowest BCUT2D eigenvalue weighted by molar-refractivity contribution is -0.384. The van der Waals surface area contributed by atoms with Crippen LogP contribution in [-0.4, -0.2) is 44.5 Å². The number of anilines is 1. The average Bonchev–Trinajstić information content (AvgIpc) is 2.44. The molecular formula is C14H22N4O6. The molecule has 1 amide bonds. The van der Waals surface area contributed by atoms with Crippen molar-refractivity contribution >= 4 is 17.5 Å². The average molecular weight is 342 g/mol. The van der Waals surface area contributed by atoms with Crippen LogP contribution in [0.25, 0.3) is 0 Å². The molecule has 0 fully saturated rings. The Morgan fingerprint density at radius 2 is 2.08 bits per heavy atom. The fourth-order valence-corrected chi connectivity index (χ4v) is 1.86. The molecule has 1 heterocycles. The highest BCUT2D eigenvalue weighted by Crippen LogP contribution is 2.30. The minimum absolute atomic E-state index is 0.0114. The zero-order valence-electron chi connectivity index (χ0n) is 13.7. The lowest BCUT2D eigenvalue weighted by atomic mass is 10.0. The first-order valence-electron chi connectivity index (χ1n) is 7.23. The summed E-state index contributed by atoms with van der Waals surface area (Å²) in [5.74, 6) is 0. The van der Waals surface area contributed by atoms with Gasteiger partial charge in [0.25, 0.3) is 0 Å². The molecule has 0 aromatic carbocycles. The van der Waals surface area contributed by atoms with Crippen LogP contribution in [0.2, 0.25) is 0 Å². The van der Waals surface area contributed by atoms with Gasteiger partial charge in [0.1, 0.15) is 23.6 Å². The third kappa shape index (κ3) is 5.63. The number of amides is 1. The molecule has 2 atom stereocenters. The van der Waals surface area contributed by atoms with Crippen molar-refractivity contribution in [2.24, 2.45) is 0 Å². The number of alkyl carbamates (subject to hydrolysis) is 1. The van der Waals surface area contributed by atoms with E-state index in [1.807, 2.05) is 0 Å². The molecule has 0 spiro atoms. The van der Waals surface area contributed by atoms with Gasteiger partial charge in [0, 0.05) is 18.3 Å². The number of aliphatic hydroxyl groups is 2. The first kappa shape index (κ1) is 19.6. The van der Waals surface area contributed by atoms with E-state index in [4.69, 9.17) is 10.5 Å². The second-order valence-corrected chi connectivity index (χ2v) is 6.15. The highest BCUT2D eigenvalue weighted by molar-refractivity contribution is 5.67. The number of aromatic nitrogens is 1. The maximum absolute atomic E-state index is 11.5. The van der Waals surface area contributed by atoms with Gasteiger partial charge in [0.15, 0.2) is 0 Å². The topological polar surface area (TPSA) is 161 Å². The third-order valence-corrected chi connectivity index (χ3v) is 2.99. The number of nitrogen functional groups attached to an aromatic ring is 1. The number of carbonyl (C=O) groups is 1. The van der Waals surface area contributed by atoms with Crippen molar-refractivity contribution in [2.75, 3.05) is 12.3 Å². The fraction of sp³-hybridized carbons (Fsp3) is 0.571. The van der Waals surface area contributed by atoms with Gasteiger partial charge in [-0.1, -0.05) is 0 Å². The summed E-state index contributed by atoms with van der Waals surface area (Å²) in [6.45, 7) is 5.17. The molecule has 0 saturated carbocycles. The molecule has 1 aromatic heterocycles. The Hall–Kier alpha value is -2.46. The van der Waals surface area contributed by atoms with Crippen LogP contribution in [0, 0.1) is 10.1 Å². The van der Waals surface area contributed by atoms with Gasteiger partial charge < -0.3 is 26.0 Å². The van der Waals surface area contributed by atoms with Crippen LogP contribution in [0.5, 0.6) is 0 Å². The van der Waals surface area contributed by atoms with E-state index in [0.29, 0.717) is 0 Å². The van der Waals surface area contributed by atoms with Crippen LogP contribution in [0.15, 0.2) is 12.4 Å². The van der Waals surface area contributed by atoms with Crippen LogP contribution >= 0.6 is 0 Å². The van der Waals surface area contributed by atoms with Crippen molar-refractivity contribution in [1.82, 2.24) is 10.3 Å². The molecule has 1 rings (SSSR count). The summed E-state index contributed by atoms with van der Waals surface area (Å²) >= 11 is 0. The Morgan fingerprint density at radius 1 is 1.46 bits per heavy atom. The molecule has 5 N–H and O–H groups in total. The summed E-state index contributed by atoms with van der Waals surface area (Å²) in [4.78, 5) is 25.2. The maximum Gasteiger partial charge on any atom is 0.407 e. The van der Waals surface area contributed by atoms with Crippen molar-refractivity contribution in [2.45, 2.75) is 45.0 Å². The molecule has 2 unspecified atom stereocenters. The summed E-state index contributed by atoms with van der Waals surface area (Å²) in [6.07, 6.45) is -1.33. The standard InChI is InChI=1S/C14H22N4O6/c1-14(2,3)24-13(21)17-5-4-10(19)12(20)8-6-16-7-9(11(8)15)18(22)23/h6-7,10,12,19-20H,4-5H2,1-3H3,(H2,15,16)(H,17,21). The normalized spacial score (nSPS) is 13.9. The van der Waals surface area contributed by atoms with Crippen LogP contribution < -0.4 is 11.1 Å². The molecule has 134 valence electrons. The molecule has 1 aromatic rings. The van der Waals surface area contributed by atoms with E-state index in [9.17, 15) is 25.1 Å². The fourth-order valence-electron chi connectivity index (χ4n) is 1.86. The van der Waals surface area contributed by atoms with Gasteiger partial charge >= 0.3 is 11.8 Å². The van der Waals surface area contributed by atoms with Crippen molar-refractivity contribution in [3.8, 4) is 0 Å². The summed E-state index contributed by atoms with van der Waals surface area (Å²) < 4.78 is 5.03. The Bertz CT molecular complexity index is 601. The van der Waals surface area contributed by atoms with Crippen molar-refractivity contribution in [3.63, 3.8) is 0 Å². The molecule has 10 heteroatoms. The molecular weight excluding hydrogens is 320 g/mol. The van der Waals surface area contributed by atoms with E-state index in [2.05, 4.69) is 10.3 Å². The van der Waals surface area contributed by atoms with Gasteiger partial charge in [-0.05, 0) is 27.2 Å². The van der Waals surface area contributed by atoms with Gasteiger partial charge in [-0.25, -0.2) is 4.79 Å². The monoisotopic (exact) mass is 342 g/mol. The number of pyridine rings is 1. The van der Waals surface area contributed by atoms with Crippen molar-refractivity contribution in [3.05, 3.63) is 28.1 Å². The molecule has 0 radical (unpaired) electrons. The predicted octanol–water partition coefficient (Wildman–Crippen LogP) is 0.881. The summed E-state index contributed by atoms with van der Waals surface area (Å²) in [7, 11) is 0. The number of carbonyl (C=O) groups excluding carboxylic acids is 1. The zero-order valence-corrected chi connectivity index (χ0v) is 13.7. The van der Waals surface area contributed by atoms with E-state index in [-0.39, 0.29) is 24.2 Å². The Kier molecular flexibility index (Phi) is 6.43. The molecule has 0 aliphatic rings. The molecule has 0 aliphatic carbocycles. The first-order chi connectivity index (χ1) is 11.0. The lowest BCUT2D eigenvalue weighted by Gasteiger charge is -2.21. The largest absolute Gasteiger partial charge is 0.444 e. The molecule has 24 heavy (non-hydrogen) atoms. The second-order valence-electron chi connectivity index (χ2n) is 6.15. The van der Waals surface area contributed by atoms with E-state index >= 15 is 0 Å². The highest BCUT2D eigenvalue weighted by Gasteiger charge is 2.25. The number of hydrogen-bond acceptors (Lipinski definition) is 8. The number of aliphatic hydroxyl groups excluding tert-OH is 2. The van der Waals surface area contributed by atoms with E-state index in [0.717, 1.165) is 12.4 Å². The van der Waals surface area contributed by atoms with Gasteiger partial charge in [-0.2, -0.15) is 0 Å². The minimum atomic E-state index is -1.47. The molecule has 0 bridgehead atoms. The van der Waals surface area contributed by atoms with E-state index in [1.54, 1.807) is 20.8 Å². The SMILES string of the molecule is CC(C)(C)OC(=O)NCCC(O)C(O)c1cncc([N+](=O)[O-])c1N. The van der Waals surface area contributed by atoms with Gasteiger partial charge in [-0.3, -0.25) is 15.1 Å². The van der Waals surface area contributed by atoms with Crippen LogP contribution in [0.1, 0.15) is 38.9 Å². The van der Waals surface area contributed by atoms with Crippen LogP contribution in [0.4, 0.5) is 16.2 Å². The highest BCUT2D eigenvalue weighted by atomic mass is 16.6. The Morgan fingerprint density at radius 3 is 2.62 bits per heavy atom. The Labute approximate surface area is 138 Å². The number of nitrogens with two attached hydrogens (primary N) is 1.